The molecule has 1 unspecified atom stereocenters. The van der Waals surface area contributed by atoms with Gasteiger partial charge in [0.15, 0.2) is 0 Å². The van der Waals surface area contributed by atoms with Gasteiger partial charge >= 0.3 is 6.09 Å². The van der Waals surface area contributed by atoms with Crippen molar-refractivity contribution in [2.24, 2.45) is 0 Å². The van der Waals surface area contributed by atoms with Crippen LogP contribution in [0.25, 0.3) is 0 Å². The van der Waals surface area contributed by atoms with Gasteiger partial charge in [0.25, 0.3) is 0 Å². The van der Waals surface area contributed by atoms with E-state index in [1.165, 1.54) is 4.90 Å². The summed E-state index contributed by atoms with van der Waals surface area (Å²) < 4.78 is 32.8. The summed E-state index contributed by atoms with van der Waals surface area (Å²) in [6, 6.07) is -0.616. The summed E-state index contributed by atoms with van der Waals surface area (Å²) in [7, 11) is 0. The van der Waals surface area contributed by atoms with Gasteiger partial charge in [-0.25, -0.2) is 13.6 Å². The van der Waals surface area contributed by atoms with Gasteiger partial charge in [0.1, 0.15) is 17.2 Å². The van der Waals surface area contributed by atoms with E-state index in [0.29, 0.717) is 13.1 Å². The van der Waals surface area contributed by atoms with Gasteiger partial charge < -0.3 is 15.0 Å². The van der Waals surface area contributed by atoms with Gasteiger partial charge in [0.05, 0.1) is 18.4 Å². The van der Waals surface area contributed by atoms with Crippen molar-refractivity contribution < 1.29 is 18.3 Å². The van der Waals surface area contributed by atoms with Crippen molar-refractivity contribution in [2.75, 3.05) is 19.6 Å². The summed E-state index contributed by atoms with van der Waals surface area (Å²) >= 11 is 0. The van der Waals surface area contributed by atoms with Gasteiger partial charge in [-0.3, -0.25) is 4.98 Å². The highest BCUT2D eigenvalue weighted by Gasteiger charge is 2.30. The molecule has 1 amide bonds. The van der Waals surface area contributed by atoms with Gasteiger partial charge in [-0.05, 0) is 20.8 Å². The topological polar surface area (TPSA) is 54.5 Å². The highest BCUT2D eigenvalue weighted by molar-refractivity contribution is 5.68. The molecule has 5 nitrogen and oxygen atoms in total. The first-order chi connectivity index (χ1) is 9.78. The minimum absolute atomic E-state index is 0.0988. The van der Waals surface area contributed by atoms with Gasteiger partial charge in [0, 0.05) is 25.2 Å². The molecule has 1 aliphatic heterocycles. The van der Waals surface area contributed by atoms with Crippen LogP contribution in [0.4, 0.5) is 13.6 Å². The van der Waals surface area contributed by atoms with Gasteiger partial charge in [-0.1, -0.05) is 0 Å². The van der Waals surface area contributed by atoms with E-state index in [4.69, 9.17) is 4.74 Å². The number of hydrogen-bond donors (Lipinski definition) is 1. The van der Waals surface area contributed by atoms with Crippen LogP contribution in [0.2, 0.25) is 0 Å². The zero-order chi connectivity index (χ0) is 15.6. The molecular formula is C14H19F2N3O2. The molecule has 1 aliphatic rings. The van der Waals surface area contributed by atoms with E-state index in [9.17, 15) is 13.6 Å². The average Bonchev–Trinajstić information content (AvgIpc) is 2.37. The monoisotopic (exact) mass is 299 g/mol. The normalized spacial score (nSPS) is 19.5. The van der Waals surface area contributed by atoms with Crippen molar-refractivity contribution in [3.63, 3.8) is 0 Å². The summed E-state index contributed by atoms with van der Waals surface area (Å²) in [4.78, 5) is 16.9. The van der Waals surface area contributed by atoms with E-state index in [2.05, 4.69) is 10.3 Å². The third-order valence-electron chi connectivity index (χ3n) is 3.07. The molecule has 2 rings (SSSR count). The van der Waals surface area contributed by atoms with Crippen LogP contribution in [0.5, 0.6) is 0 Å². The lowest BCUT2D eigenvalue weighted by Gasteiger charge is -2.35. The largest absolute Gasteiger partial charge is 0.444 e. The molecule has 0 bridgehead atoms. The van der Waals surface area contributed by atoms with Crippen LogP contribution in [-0.2, 0) is 4.74 Å². The number of nitrogens with zero attached hydrogens (tertiary/aromatic N) is 2. The number of carbonyl (C=O) groups excluding carboxylic acids is 1. The Bertz CT molecular complexity index is 511. The van der Waals surface area contributed by atoms with Crippen molar-refractivity contribution in [1.29, 1.82) is 0 Å². The third kappa shape index (κ3) is 3.87. The molecule has 116 valence electrons. The fraction of sp³-hybridized carbons (Fsp3) is 0.571. The highest BCUT2D eigenvalue weighted by atomic mass is 19.1. The molecule has 1 aromatic rings. The Kier molecular flexibility index (Phi) is 4.41. The number of rotatable bonds is 1. The van der Waals surface area contributed by atoms with E-state index < -0.39 is 29.4 Å². The number of carbonyl (C=O) groups is 1. The predicted octanol–water partition coefficient (Wildman–Crippen LogP) is 2.24. The summed E-state index contributed by atoms with van der Waals surface area (Å²) in [6.45, 7) is 6.32. The Balaban J connectivity index is 2.13. The van der Waals surface area contributed by atoms with Crippen LogP contribution in [-0.4, -0.2) is 41.2 Å². The maximum Gasteiger partial charge on any atom is 0.410 e. The number of pyridine rings is 1. The summed E-state index contributed by atoms with van der Waals surface area (Å²) in [5.74, 6) is -1.45. The Morgan fingerprint density at radius 2 is 2.00 bits per heavy atom. The number of ether oxygens (including phenoxy) is 1. The lowest BCUT2D eigenvalue weighted by atomic mass is 10.1. The van der Waals surface area contributed by atoms with Crippen LogP contribution in [0.15, 0.2) is 12.4 Å². The molecule has 1 aromatic heterocycles. The molecule has 2 heterocycles. The second-order valence-corrected chi connectivity index (χ2v) is 5.95. The van der Waals surface area contributed by atoms with Gasteiger partial charge in [-0.15, -0.1) is 0 Å². The van der Waals surface area contributed by atoms with E-state index in [-0.39, 0.29) is 12.1 Å². The summed E-state index contributed by atoms with van der Waals surface area (Å²) in [5, 5.41) is 3.01. The van der Waals surface area contributed by atoms with Crippen LogP contribution in [0.3, 0.4) is 0 Å². The number of nitrogens with one attached hydrogen (secondary N) is 1. The van der Waals surface area contributed by atoms with Crippen molar-refractivity contribution in [2.45, 2.75) is 32.4 Å². The zero-order valence-corrected chi connectivity index (χ0v) is 12.3. The molecule has 1 fully saturated rings. The number of amides is 1. The molecule has 0 radical (unpaired) electrons. The Hall–Kier alpha value is -1.76. The van der Waals surface area contributed by atoms with E-state index >= 15 is 0 Å². The fourth-order valence-electron chi connectivity index (χ4n) is 2.19. The molecule has 21 heavy (non-hydrogen) atoms. The predicted molar refractivity (Wildman–Crippen MR) is 72.7 cm³/mol. The standard InChI is InChI=1S/C14H19F2N3O2/c1-14(2,3)21-13(20)19-5-4-18-11(8-19)12-9(15)6-17-7-10(12)16/h6-7,11,18H,4-5,8H2,1-3H3. The second-order valence-electron chi connectivity index (χ2n) is 5.95. The number of hydrogen-bond acceptors (Lipinski definition) is 4. The smallest absolute Gasteiger partial charge is 0.410 e. The number of aromatic nitrogens is 1. The van der Waals surface area contributed by atoms with Crippen molar-refractivity contribution in [1.82, 2.24) is 15.2 Å². The molecule has 1 saturated heterocycles. The van der Waals surface area contributed by atoms with Crippen LogP contribution in [0, 0.1) is 11.6 Å². The molecule has 7 heteroatoms. The highest BCUT2D eigenvalue weighted by Crippen LogP contribution is 2.23. The first-order valence-electron chi connectivity index (χ1n) is 6.78. The van der Waals surface area contributed by atoms with Crippen molar-refractivity contribution in [3.05, 3.63) is 29.6 Å². The zero-order valence-electron chi connectivity index (χ0n) is 12.3. The van der Waals surface area contributed by atoms with Crippen LogP contribution in [0.1, 0.15) is 32.4 Å². The average molecular weight is 299 g/mol. The third-order valence-corrected chi connectivity index (χ3v) is 3.07. The molecule has 1 N–H and O–H groups in total. The fourth-order valence-corrected chi connectivity index (χ4v) is 2.19. The minimum Gasteiger partial charge on any atom is -0.444 e. The summed E-state index contributed by atoms with van der Waals surface area (Å²) in [5.41, 5.74) is -0.705. The van der Waals surface area contributed by atoms with E-state index in [1.807, 2.05) is 0 Å². The van der Waals surface area contributed by atoms with Crippen molar-refractivity contribution in [3.8, 4) is 0 Å². The summed E-state index contributed by atoms with van der Waals surface area (Å²) in [6.07, 6.45) is 1.45. The Labute approximate surface area is 122 Å². The van der Waals surface area contributed by atoms with Crippen molar-refractivity contribution >= 4 is 6.09 Å². The van der Waals surface area contributed by atoms with E-state index in [0.717, 1.165) is 12.4 Å². The maximum absolute atomic E-state index is 13.8. The Morgan fingerprint density at radius 3 is 2.57 bits per heavy atom. The lowest BCUT2D eigenvalue weighted by Crippen LogP contribution is -2.50. The molecule has 0 aromatic carbocycles. The molecule has 0 aliphatic carbocycles. The lowest BCUT2D eigenvalue weighted by molar-refractivity contribution is 0.0192. The van der Waals surface area contributed by atoms with Crippen LogP contribution < -0.4 is 5.32 Å². The number of halogens is 2. The maximum atomic E-state index is 13.8. The first kappa shape index (κ1) is 15.6. The molecule has 0 saturated carbocycles. The second kappa shape index (κ2) is 5.93. The quantitative estimate of drug-likeness (QED) is 0.864. The first-order valence-corrected chi connectivity index (χ1v) is 6.78. The molecule has 1 atom stereocenters. The number of piperazine rings is 1. The van der Waals surface area contributed by atoms with Gasteiger partial charge in [0.2, 0.25) is 0 Å². The van der Waals surface area contributed by atoms with Crippen LogP contribution >= 0.6 is 0 Å². The molecular weight excluding hydrogens is 280 g/mol. The minimum atomic E-state index is -0.724. The molecule has 0 spiro atoms. The van der Waals surface area contributed by atoms with E-state index in [1.54, 1.807) is 20.8 Å². The van der Waals surface area contributed by atoms with Gasteiger partial charge in [-0.2, -0.15) is 0 Å². The Morgan fingerprint density at radius 1 is 1.38 bits per heavy atom. The SMILES string of the molecule is CC(C)(C)OC(=O)N1CCNC(c2c(F)cncc2F)C1.